The first-order valence-corrected chi connectivity index (χ1v) is 6.47. The number of nitrogens with one attached hydrogen (secondary N) is 2. The van der Waals surface area contributed by atoms with Crippen LogP contribution < -0.4 is 10.6 Å². The summed E-state index contributed by atoms with van der Waals surface area (Å²) in [6.07, 6.45) is 0.568. The molecule has 110 valence electrons. The van der Waals surface area contributed by atoms with Crippen molar-refractivity contribution in [2.45, 2.75) is 38.8 Å². The highest BCUT2D eigenvalue weighted by molar-refractivity contribution is 5.86. The van der Waals surface area contributed by atoms with Crippen molar-refractivity contribution < 1.29 is 19.1 Å². The number of benzene rings is 1. The molecule has 0 aromatic heterocycles. The van der Waals surface area contributed by atoms with Crippen molar-refractivity contribution in [1.29, 1.82) is 0 Å². The molecule has 0 fully saturated rings. The maximum atomic E-state index is 13.0. The number of carbonyl (C=O) groups is 2. The minimum atomic E-state index is -1.27. The lowest BCUT2D eigenvalue weighted by Gasteiger charge is -2.28. The Morgan fingerprint density at radius 1 is 1.30 bits per heavy atom. The summed E-state index contributed by atoms with van der Waals surface area (Å²) in [6.45, 7) is 3.53. The fourth-order valence-electron chi connectivity index (χ4n) is 1.87. The van der Waals surface area contributed by atoms with Gasteiger partial charge in [-0.25, -0.2) is 14.0 Å². The molecule has 0 bridgehead atoms. The van der Waals surface area contributed by atoms with Gasteiger partial charge in [0.15, 0.2) is 0 Å². The van der Waals surface area contributed by atoms with Crippen molar-refractivity contribution in [3.63, 3.8) is 0 Å². The highest BCUT2D eigenvalue weighted by atomic mass is 19.1. The Bertz CT molecular complexity index is 487. The number of urea groups is 1. The Morgan fingerprint density at radius 3 is 2.45 bits per heavy atom. The van der Waals surface area contributed by atoms with Crippen LogP contribution in [0.5, 0.6) is 0 Å². The molecule has 0 spiro atoms. The molecule has 5 nitrogen and oxygen atoms in total. The first-order valence-electron chi connectivity index (χ1n) is 6.47. The molecule has 0 aliphatic heterocycles. The van der Waals surface area contributed by atoms with Gasteiger partial charge in [-0.3, -0.25) is 0 Å². The van der Waals surface area contributed by atoms with Gasteiger partial charge >= 0.3 is 12.0 Å². The van der Waals surface area contributed by atoms with Crippen LogP contribution >= 0.6 is 0 Å². The van der Waals surface area contributed by atoms with Crippen molar-refractivity contribution in [1.82, 2.24) is 10.6 Å². The van der Waals surface area contributed by atoms with Gasteiger partial charge < -0.3 is 15.7 Å². The van der Waals surface area contributed by atoms with Gasteiger partial charge in [-0.05, 0) is 30.5 Å². The van der Waals surface area contributed by atoms with Crippen molar-refractivity contribution in [3.05, 3.63) is 35.6 Å². The second-order valence-corrected chi connectivity index (χ2v) is 4.53. The van der Waals surface area contributed by atoms with Crippen LogP contribution in [-0.2, 0) is 11.3 Å². The van der Waals surface area contributed by atoms with Gasteiger partial charge in [-0.15, -0.1) is 0 Å². The second kappa shape index (κ2) is 6.88. The highest BCUT2D eigenvalue weighted by Gasteiger charge is 2.36. The van der Waals surface area contributed by atoms with E-state index >= 15 is 0 Å². The maximum Gasteiger partial charge on any atom is 0.329 e. The molecular weight excluding hydrogens is 263 g/mol. The van der Waals surface area contributed by atoms with Gasteiger partial charge in [0.05, 0.1) is 0 Å². The van der Waals surface area contributed by atoms with E-state index in [0.717, 1.165) is 0 Å². The minimum absolute atomic E-state index is 0.132. The summed E-state index contributed by atoms with van der Waals surface area (Å²) < 4.78 is 13.0. The van der Waals surface area contributed by atoms with Crippen molar-refractivity contribution in [2.75, 3.05) is 0 Å². The van der Waals surface area contributed by atoms with Gasteiger partial charge in [0.2, 0.25) is 0 Å². The number of aliphatic carboxylic acids is 1. The molecule has 0 aliphatic carbocycles. The minimum Gasteiger partial charge on any atom is -0.480 e. The van der Waals surface area contributed by atoms with Crippen LogP contribution in [-0.4, -0.2) is 22.6 Å². The lowest BCUT2D eigenvalue weighted by Crippen LogP contribution is -2.56. The van der Waals surface area contributed by atoms with Gasteiger partial charge in [0, 0.05) is 6.54 Å². The fourth-order valence-corrected chi connectivity index (χ4v) is 1.87. The summed E-state index contributed by atoms with van der Waals surface area (Å²) in [7, 11) is 0. The average Bonchev–Trinajstić information content (AvgIpc) is 2.42. The number of halogens is 1. The number of rotatable bonds is 6. The molecule has 0 radical (unpaired) electrons. The van der Waals surface area contributed by atoms with E-state index in [0.29, 0.717) is 5.56 Å². The van der Waals surface area contributed by atoms with E-state index in [-0.39, 0.29) is 25.2 Å². The van der Waals surface area contributed by atoms with Crippen LogP contribution in [0, 0.1) is 5.82 Å². The summed E-state index contributed by atoms with van der Waals surface area (Å²) >= 11 is 0. The molecule has 2 amide bonds. The summed E-state index contributed by atoms with van der Waals surface area (Å²) in [5, 5.41) is 14.2. The van der Waals surface area contributed by atoms with Gasteiger partial charge in [-0.2, -0.15) is 0 Å². The lowest BCUT2D eigenvalue weighted by atomic mass is 9.93. The third-order valence-electron chi connectivity index (χ3n) is 3.31. The number of hydrogen-bond donors (Lipinski definition) is 3. The maximum absolute atomic E-state index is 13.0. The molecule has 0 atom stereocenters. The van der Waals surface area contributed by atoms with Crippen molar-refractivity contribution in [3.8, 4) is 0 Å². The zero-order valence-corrected chi connectivity index (χ0v) is 11.6. The number of amides is 2. The molecule has 1 aromatic carbocycles. The SMILES string of the molecule is CCC(CC)(NC(=O)NCc1cccc(F)c1)C(=O)O. The number of hydrogen-bond acceptors (Lipinski definition) is 2. The summed E-state index contributed by atoms with van der Waals surface area (Å²) in [4.78, 5) is 23.0. The predicted octanol–water partition coefficient (Wildman–Crippen LogP) is 2.27. The van der Waals surface area contributed by atoms with E-state index in [1.807, 2.05) is 0 Å². The van der Waals surface area contributed by atoms with Gasteiger partial charge in [0.1, 0.15) is 11.4 Å². The topological polar surface area (TPSA) is 78.4 Å². The Kier molecular flexibility index (Phi) is 5.49. The molecule has 3 N–H and O–H groups in total. The van der Waals surface area contributed by atoms with Crippen LogP contribution in [0.3, 0.4) is 0 Å². The first kappa shape index (κ1) is 15.9. The van der Waals surface area contributed by atoms with E-state index in [1.165, 1.54) is 12.1 Å². The van der Waals surface area contributed by atoms with Crippen LogP contribution in [0.1, 0.15) is 32.3 Å². The molecule has 0 heterocycles. The molecule has 1 aromatic rings. The van der Waals surface area contributed by atoms with E-state index in [9.17, 15) is 19.1 Å². The summed E-state index contributed by atoms with van der Waals surface area (Å²) in [6, 6.07) is 5.26. The molecule has 0 unspecified atom stereocenters. The standard InChI is InChI=1S/C14H19FN2O3/c1-3-14(4-2,12(18)19)17-13(20)16-9-10-6-5-7-11(15)8-10/h5-8H,3-4,9H2,1-2H3,(H,18,19)(H2,16,17,20). The quantitative estimate of drug-likeness (QED) is 0.749. The Hall–Kier alpha value is -2.11. The molecule has 0 saturated carbocycles. The predicted molar refractivity (Wildman–Crippen MR) is 72.7 cm³/mol. The molecule has 20 heavy (non-hydrogen) atoms. The zero-order valence-electron chi connectivity index (χ0n) is 11.6. The Balaban J connectivity index is 2.61. The van der Waals surface area contributed by atoms with E-state index in [4.69, 9.17) is 0 Å². The van der Waals surface area contributed by atoms with Crippen molar-refractivity contribution >= 4 is 12.0 Å². The molecule has 1 rings (SSSR count). The van der Waals surface area contributed by atoms with Crippen LogP contribution in [0.2, 0.25) is 0 Å². The average molecular weight is 282 g/mol. The summed E-state index contributed by atoms with van der Waals surface area (Å²) in [5.74, 6) is -1.45. The highest BCUT2D eigenvalue weighted by Crippen LogP contribution is 2.15. The third kappa shape index (κ3) is 3.94. The molecular formula is C14H19FN2O3. The van der Waals surface area contributed by atoms with Crippen LogP contribution in [0.25, 0.3) is 0 Å². The first-order chi connectivity index (χ1) is 9.43. The van der Waals surface area contributed by atoms with E-state index < -0.39 is 17.5 Å². The monoisotopic (exact) mass is 282 g/mol. The smallest absolute Gasteiger partial charge is 0.329 e. The third-order valence-corrected chi connectivity index (χ3v) is 3.31. The van der Waals surface area contributed by atoms with Crippen LogP contribution in [0.4, 0.5) is 9.18 Å². The molecule has 6 heteroatoms. The molecule has 0 aliphatic rings. The zero-order chi connectivity index (χ0) is 15.2. The molecule has 0 saturated heterocycles. The Labute approximate surface area is 117 Å². The fraction of sp³-hybridized carbons (Fsp3) is 0.429. The lowest BCUT2D eigenvalue weighted by molar-refractivity contribution is -0.144. The summed E-state index contributed by atoms with van der Waals surface area (Å²) in [5.41, 5.74) is -0.666. The van der Waals surface area contributed by atoms with Crippen molar-refractivity contribution in [2.24, 2.45) is 0 Å². The van der Waals surface area contributed by atoms with E-state index in [1.54, 1.807) is 26.0 Å². The number of carboxylic acids is 1. The van der Waals surface area contributed by atoms with Gasteiger partial charge in [-0.1, -0.05) is 26.0 Å². The van der Waals surface area contributed by atoms with E-state index in [2.05, 4.69) is 10.6 Å². The Morgan fingerprint density at radius 2 is 1.95 bits per heavy atom. The second-order valence-electron chi connectivity index (χ2n) is 4.53. The largest absolute Gasteiger partial charge is 0.480 e. The number of carbonyl (C=O) groups excluding carboxylic acids is 1. The van der Waals surface area contributed by atoms with Gasteiger partial charge in [0.25, 0.3) is 0 Å². The number of carboxylic acid groups (broad SMARTS) is 1. The van der Waals surface area contributed by atoms with Crippen LogP contribution in [0.15, 0.2) is 24.3 Å². The normalized spacial score (nSPS) is 10.9.